The van der Waals surface area contributed by atoms with Crippen molar-refractivity contribution < 1.29 is 65.1 Å². The van der Waals surface area contributed by atoms with Gasteiger partial charge in [0.1, 0.15) is 23.0 Å². The van der Waals surface area contributed by atoms with Crippen LogP contribution < -0.4 is 18.9 Å². The lowest BCUT2D eigenvalue weighted by Gasteiger charge is -2.27. The number of carbonyl (C=O) groups is 2. The van der Waals surface area contributed by atoms with E-state index in [4.69, 9.17) is 35.6 Å². The van der Waals surface area contributed by atoms with Crippen LogP contribution in [0.3, 0.4) is 0 Å². The van der Waals surface area contributed by atoms with Crippen LogP contribution in [0.5, 0.6) is 23.0 Å². The van der Waals surface area contributed by atoms with Crippen LogP contribution in [0.15, 0.2) is 42.0 Å². The number of rotatable bonds is 5. The highest BCUT2D eigenvalue weighted by Crippen LogP contribution is 2.41. The fourth-order valence-corrected chi connectivity index (χ4v) is 3.92. The first-order valence-electron chi connectivity index (χ1n) is 11.4. The Kier molecular flexibility index (Phi) is 8.85. The minimum atomic E-state index is -4.85. The molecule has 2 heterocycles. The van der Waals surface area contributed by atoms with Crippen LogP contribution in [0.2, 0.25) is 0 Å². The van der Waals surface area contributed by atoms with Gasteiger partial charge in [-0.3, -0.25) is 0 Å². The number of carboxylic acid groups (broad SMARTS) is 2. The van der Waals surface area contributed by atoms with E-state index in [9.17, 15) is 35.9 Å². The molecule has 2 aliphatic rings. The van der Waals surface area contributed by atoms with Gasteiger partial charge in [0.2, 0.25) is 12.2 Å². The number of terminal acetylenes is 1. The molecule has 2 aromatic carbocycles. The molecule has 14 heteroatoms. The summed E-state index contributed by atoms with van der Waals surface area (Å²) < 4.78 is 96.9. The van der Waals surface area contributed by atoms with Gasteiger partial charge in [0.15, 0.2) is 0 Å². The summed E-state index contributed by atoms with van der Waals surface area (Å²) in [5.41, 5.74) is -0.582. The maximum absolute atomic E-state index is 12.9. The lowest BCUT2D eigenvalue weighted by Crippen LogP contribution is -2.40. The molecule has 0 aliphatic carbocycles. The minimum Gasteiger partial charge on any atom is -0.496 e. The van der Waals surface area contributed by atoms with Crippen molar-refractivity contribution >= 4 is 30.2 Å². The molecule has 2 N–H and O–H groups in total. The van der Waals surface area contributed by atoms with Gasteiger partial charge in [-0.2, -0.15) is 26.3 Å². The monoisotopic (exact) mass is 598 g/mol. The zero-order valence-electron chi connectivity index (χ0n) is 21.6. The van der Waals surface area contributed by atoms with Crippen LogP contribution in [-0.2, 0) is 9.59 Å². The number of hydrogen-bond acceptors (Lipinski definition) is 6. The molecule has 42 heavy (non-hydrogen) atoms. The van der Waals surface area contributed by atoms with Crippen molar-refractivity contribution in [2.24, 2.45) is 0 Å². The fourth-order valence-electron chi connectivity index (χ4n) is 3.92. The maximum atomic E-state index is 12.9. The predicted octanol–water partition coefficient (Wildman–Crippen LogP) is 5.60. The van der Waals surface area contributed by atoms with Crippen LogP contribution in [0.4, 0.5) is 26.3 Å². The summed E-state index contributed by atoms with van der Waals surface area (Å²) in [5.74, 6) is -0.860. The third-order valence-corrected chi connectivity index (χ3v) is 5.83. The van der Waals surface area contributed by atoms with Crippen LogP contribution >= 0.6 is 0 Å². The summed E-state index contributed by atoms with van der Waals surface area (Å²) in [7, 11) is 2.67. The smallest absolute Gasteiger partial charge is 0.430 e. The van der Waals surface area contributed by atoms with E-state index in [0.717, 1.165) is 12.2 Å². The molecule has 4 rings (SSSR count). The molecule has 2 aromatic rings. The number of aliphatic carboxylic acids is 2. The zero-order chi connectivity index (χ0) is 31.6. The summed E-state index contributed by atoms with van der Waals surface area (Å²) in [6.07, 6.45) is -6.16. The molecule has 0 bridgehead atoms. The minimum absolute atomic E-state index is 0.0928. The number of ether oxygens (including phenoxy) is 4. The first-order valence-corrected chi connectivity index (χ1v) is 11.4. The molecular weight excluding hydrogens is 578 g/mol. The highest BCUT2D eigenvalue weighted by molar-refractivity contribution is 5.96. The maximum Gasteiger partial charge on any atom is 0.430 e. The van der Waals surface area contributed by atoms with E-state index in [2.05, 4.69) is 12.5 Å². The third kappa shape index (κ3) is 6.46. The Balaban J connectivity index is 0.000000230. The molecule has 222 valence electrons. The van der Waals surface area contributed by atoms with E-state index in [1.54, 1.807) is 0 Å². The lowest BCUT2D eigenvalue weighted by atomic mass is 9.99. The normalized spacial score (nSPS) is 17.2. The largest absolute Gasteiger partial charge is 0.496 e. The van der Waals surface area contributed by atoms with Crippen LogP contribution in [0, 0.1) is 12.3 Å². The quantitative estimate of drug-likeness (QED) is 0.338. The number of hydrogen-bond donors (Lipinski definition) is 2. The average Bonchev–Trinajstić information content (AvgIpc) is 2.93. The summed E-state index contributed by atoms with van der Waals surface area (Å²) in [5, 5.41) is 17.8. The molecule has 0 amide bonds. The number of methoxy groups -OCH3 is 2. The second-order valence-corrected chi connectivity index (χ2v) is 8.46. The van der Waals surface area contributed by atoms with Gasteiger partial charge >= 0.3 is 24.3 Å². The molecule has 0 radical (unpaired) electrons. The topological polar surface area (TPSA) is 112 Å². The van der Waals surface area contributed by atoms with Gasteiger partial charge < -0.3 is 29.2 Å². The van der Waals surface area contributed by atoms with Gasteiger partial charge in [-0.1, -0.05) is 18.6 Å². The van der Waals surface area contributed by atoms with Crippen molar-refractivity contribution in [3.63, 3.8) is 0 Å². The Hall–Kier alpha value is -5.06. The van der Waals surface area contributed by atoms with Gasteiger partial charge in [0, 0.05) is 28.8 Å². The van der Waals surface area contributed by atoms with Gasteiger partial charge in [-0.15, -0.1) is 6.42 Å². The van der Waals surface area contributed by atoms with Crippen molar-refractivity contribution in [1.29, 1.82) is 0 Å². The molecule has 0 spiro atoms. The van der Waals surface area contributed by atoms with Gasteiger partial charge in [-0.25, -0.2) is 9.59 Å². The SMILES string of the molecule is C#Cc1cc2c(cc1OC)OC(C(F)(F)F)C(C(=O)O)=C2.C=Cc1cc2c(cc1OC)OC(C(F)(F)F)C(C(=O)O)=C2. The zero-order valence-corrected chi connectivity index (χ0v) is 21.6. The lowest BCUT2D eigenvalue weighted by molar-refractivity contribution is -0.187. The van der Waals surface area contributed by atoms with Crippen molar-refractivity contribution in [2.45, 2.75) is 24.6 Å². The summed E-state index contributed by atoms with van der Waals surface area (Å²) in [6, 6.07) is 5.28. The Labute approximate surface area is 234 Å². The van der Waals surface area contributed by atoms with E-state index in [1.165, 1.54) is 44.6 Å². The number of fused-ring (bicyclic) bond motifs is 2. The summed E-state index contributed by atoms with van der Waals surface area (Å²) in [4.78, 5) is 22.0. The van der Waals surface area contributed by atoms with E-state index in [1.807, 2.05) is 0 Å². The van der Waals surface area contributed by atoms with Gasteiger partial charge in [0.05, 0.1) is 30.9 Å². The highest BCUT2D eigenvalue weighted by Gasteiger charge is 2.49. The molecule has 0 aromatic heterocycles. The van der Waals surface area contributed by atoms with Crippen molar-refractivity contribution in [2.75, 3.05) is 14.2 Å². The van der Waals surface area contributed by atoms with Crippen LogP contribution in [0.1, 0.15) is 22.3 Å². The fraction of sp³-hybridized carbons (Fsp3) is 0.214. The number of benzene rings is 2. The molecule has 0 saturated heterocycles. The number of alkyl halides is 6. The summed E-state index contributed by atoms with van der Waals surface area (Å²) in [6.45, 7) is 3.56. The van der Waals surface area contributed by atoms with Crippen LogP contribution in [-0.4, -0.2) is 60.9 Å². The van der Waals surface area contributed by atoms with Gasteiger partial charge in [-0.05, 0) is 24.3 Å². The van der Waals surface area contributed by atoms with E-state index in [0.29, 0.717) is 5.56 Å². The molecule has 2 unspecified atom stereocenters. The van der Waals surface area contributed by atoms with Crippen molar-refractivity contribution in [1.82, 2.24) is 0 Å². The Morgan fingerprint density at radius 3 is 1.64 bits per heavy atom. The van der Waals surface area contributed by atoms with Crippen molar-refractivity contribution in [3.05, 3.63) is 64.2 Å². The van der Waals surface area contributed by atoms with Crippen molar-refractivity contribution in [3.8, 4) is 35.3 Å². The predicted molar refractivity (Wildman–Crippen MR) is 136 cm³/mol. The highest BCUT2D eigenvalue weighted by atomic mass is 19.4. The standard InChI is InChI=1S/C14H11F3O4.C14H9F3O4/c2*1-3-7-4-8-5-9(13(18)19)12(14(15,16)17)21-11(8)6-10(7)20-2/h3-6,12H,1H2,2H3,(H,18,19);1,4-6,12H,2H3,(H,18,19). The number of carboxylic acids is 2. The molecule has 0 fully saturated rings. The summed E-state index contributed by atoms with van der Waals surface area (Å²) >= 11 is 0. The molecule has 8 nitrogen and oxygen atoms in total. The average molecular weight is 598 g/mol. The Morgan fingerprint density at radius 1 is 0.857 bits per heavy atom. The van der Waals surface area contributed by atoms with E-state index in [-0.39, 0.29) is 39.7 Å². The third-order valence-electron chi connectivity index (χ3n) is 5.83. The first kappa shape index (κ1) is 31.5. The molecule has 0 saturated carbocycles. The van der Waals surface area contributed by atoms with Gasteiger partial charge in [0.25, 0.3) is 0 Å². The van der Waals surface area contributed by atoms with E-state index >= 15 is 0 Å². The molecule has 2 aliphatic heterocycles. The molecule has 2 atom stereocenters. The Bertz CT molecular complexity index is 1530. The second-order valence-electron chi connectivity index (χ2n) is 8.46. The van der Waals surface area contributed by atoms with E-state index < -0.39 is 47.6 Å². The Morgan fingerprint density at radius 2 is 1.29 bits per heavy atom. The van der Waals surface area contributed by atoms with Crippen LogP contribution in [0.25, 0.3) is 18.2 Å². The second kappa shape index (κ2) is 11.8. The molecular formula is C28H20F6O8. The first-order chi connectivity index (χ1) is 19.5. The number of halogens is 6.